The largest absolute Gasteiger partial charge is 0.396 e. The van der Waals surface area contributed by atoms with Crippen molar-refractivity contribution in [3.8, 4) is 0 Å². The highest BCUT2D eigenvalue weighted by Gasteiger charge is 2.22. The molecule has 0 atom stereocenters. The second-order valence-electron chi connectivity index (χ2n) is 4.59. The van der Waals surface area contributed by atoms with Crippen LogP contribution in [0.3, 0.4) is 0 Å². The summed E-state index contributed by atoms with van der Waals surface area (Å²) >= 11 is 0. The number of hydrogen-bond donors (Lipinski definition) is 1. The molecule has 1 aliphatic rings. The lowest BCUT2D eigenvalue weighted by Gasteiger charge is -2.26. The van der Waals surface area contributed by atoms with E-state index in [-0.39, 0.29) is 5.41 Å². The summed E-state index contributed by atoms with van der Waals surface area (Å²) in [5, 5.41) is 9.26. The van der Waals surface area contributed by atoms with Crippen LogP contribution in [0.4, 0.5) is 0 Å². The van der Waals surface area contributed by atoms with E-state index in [0.717, 1.165) is 0 Å². The molecule has 1 heteroatoms. The first kappa shape index (κ1) is 10.0. The zero-order chi connectivity index (χ0) is 8.86. The van der Waals surface area contributed by atoms with E-state index in [2.05, 4.69) is 6.92 Å². The van der Waals surface area contributed by atoms with Crippen LogP contribution in [-0.4, -0.2) is 11.7 Å². The van der Waals surface area contributed by atoms with E-state index < -0.39 is 0 Å². The van der Waals surface area contributed by atoms with Crippen molar-refractivity contribution in [2.45, 2.75) is 58.3 Å². The summed E-state index contributed by atoms with van der Waals surface area (Å²) < 4.78 is 0. The van der Waals surface area contributed by atoms with E-state index in [1.807, 2.05) is 0 Å². The maximum absolute atomic E-state index is 9.26. The molecule has 0 saturated heterocycles. The molecule has 0 aliphatic heterocycles. The van der Waals surface area contributed by atoms with Crippen LogP contribution in [0.2, 0.25) is 0 Å². The molecule has 1 nitrogen and oxygen atoms in total. The molecule has 0 aromatic heterocycles. The van der Waals surface area contributed by atoms with Gasteiger partial charge < -0.3 is 5.11 Å². The summed E-state index contributed by atoms with van der Waals surface area (Å²) in [6.45, 7) is 2.62. The van der Waals surface area contributed by atoms with Crippen LogP contribution >= 0.6 is 0 Å². The third kappa shape index (κ3) is 3.14. The molecule has 0 radical (unpaired) electrons. The molecule has 72 valence electrons. The van der Waals surface area contributed by atoms with E-state index >= 15 is 0 Å². The summed E-state index contributed by atoms with van der Waals surface area (Å²) in [6, 6.07) is 0. The number of rotatable bonds is 1. The lowest BCUT2D eigenvalue weighted by molar-refractivity contribution is 0.119. The predicted molar refractivity (Wildman–Crippen MR) is 52.1 cm³/mol. The number of hydrogen-bond acceptors (Lipinski definition) is 1. The van der Waals surface area contributed by atoms with E-state index in [9.17, 15) is 5.11 Å². The van der Waals surface area contributed by atoms with E-state index in [4.69, 9.17) is 0 Å². The van der Waals surface area contributed by atoms with Crippen LogP contribution in [0, 0.1) is 5.41 Å². The second kappa shape index (κ2) is 4.86. The van der Waals surface area contributed by atoms with Gasteiger partial charge >= 0.3 is 0 Å². The minimum absolute atomic E-state index is 0.240. The van der Waals surface area contributed by atoms with Crippen LogP contribution in [0.5, 0.6) is 0 Å². The van der Waals surface area contributed by atoms with Gasteiger partial charge in [0.2, 0.25) is 0 Å². The van der Waals surface area contributed by atoms with Crippen molar-refractivity contribution in [1.82, 2.24) is 0 Å². The Morgan fingerprint density at radius 1 is 0.917 bits per heavy atom. The van der Waals surface area contributed by atoms with Crippen LogP contribution < -0.4 is 0 Å². The van der Waals surface area contributed by atoms with Gasteiger partial charge in [-0.15, -0.1) is 0 Å². The average molecular weight is 170 g/mol. The van der Waals surface area contributed by atoms with Crippen LogP contribution in [0.15, 0.2) is 0 Å². The fourth-order valence-electron chi connectivity index (χ4n) is 2.09. The van der Waals surface area contributed by atoms with Gasteiger partial charge in [-0.25, -0.2) is 0 Å². The quantitative estimate of drug-likeness (QED) is 0.641. The molecule has 0 heterocycles. The van der Waals surface area contributed by atoms with Crippen molar-refractivity contribution in [3.63, 3.8) is 0 Å². The van der Waals surface area contributed by atoms with Gasteiger partial charge in [-0.2, -0.15) is 0 Å². The molecule has 1 fully saturated rings. The van der Waals surface area contributed by atoms with Crippen molar-refractivity contribution in [3.05, 3.63) is 0 Å². The van der Waals surface area contributed by atoms with Crippen molar-refractivity contribution >= 4 is 0 Å². The minimum atomic E-state index is 0.240. The Kier molecular flexibility index (Phi) is 4.07. The summed E-state index contributed by atoms with van der Waals surface area (Å²) in [5.41, 5.74) is 0.240. The van der Waals surface area contributed by atoms with Crippen molar-refractivity contribution < 1.29 is 5.11 Å². The van der Waals surface area contributed by atoms with Gasteiger partial charge in [-0.3, -0.25) is 0 Å². The summed E-state index contributed by atoms with van der Waals surface area (Å²) in [6.07, 6.45) is 10.6. The lowest BCUT2D eigenvalue weighted by atomic mass is 9.81. The summed E-state index contributed by atoms with van der Waals surface area (Å²) in [4.78, 5) is 0. The highest BCUT2D eigenvalue weighted by Crippen LogP contribution is 2.32. The molecule has 0 bridgehead atoms. The molecule has 1 rings (SSSR count). The monoisotopic (exact) mass is 170 g/mol. The van der Waals surface area contributed by atoms with Crippen molar-refractivity contribution in [1.29, 1.82) is 0 Å². The SMILES string of the molecule is CC1(CO)CCCCCCCC1. The van der Waals surface area contributed by atoms with Gasteiger partial charge in [-0.1, -0.05) is 45.4 Å². The first-order chi connectivity index (χ1) is 5.77. The highest BCUT2D eigenvalue weighted by molar-refractivity contribution is 4.74. The highest BCUT2D eigenvalue weighted by atomic mass is 16.3. The maximum atomic E-state index is 9.26. The molecule has 1 saturated carbocycles. The van der Waals surface area contributed by atoms with Gasteiger partial charge in [0.1, 0.15) is 0 Å². The Balaban J connectivity index is 2.38. The predicted octanol–water partition coefficient (Wildman–Crippen LogP) is 3.12. The van der Waals surface area contributed by atoms with Crippen molar-refractivity contribution in [2.75, 3.05) is 6.61 Å². The fourth-order valence-corrected chi connectivity index (χ4v) is 2.09. The molecule has 0 aromatic carbocycles. The van der Waals surface area contributed by atoms with Gasteiger partial charge in [0.15, 0.2) is 0 Å². The summed E-state index contributed by atoms with van der Waals surface area (Å²) in [7, 11) is 0. The van der Waals surface area contributed by atoms with Crippen LogP contribution in [-0.2, 0) is 0 Å². The first-order valence-corrected chi connectivity index (χ1v) is 5.38. The third-order valence-corrected chi connectivity index (χ3v) is 3.19. The van der Waals surface area contributed by atoms with E-state index in [0.29, 0.717) is 6.61 Å². The first-order valence-electron chi connectivity index (χ1n) is 5.38. The standard InChI is InChI=1S/C11H22O/c1-11(10-12)8-6-4-2-3-5-7-9-11/h12H,2-10H2,1H3. The topological polar surface area (TPSA) is 20.2 Å². The van der Waals surface area contributed by atoms with Crippen LogP contribution in [0.25, 0.3) is 0 Å². The molecule has 0 unspecified atom stereocenters. The molecule has 12 heavy (non-hydrogen) atoms. The lowest BCUT2D eigenvalue weighted by Crippen LogP contribution is -2.20. The third-order valence-electron chi connectivity index (χ3n) is 3.19. The van der Waals surface area contributed by atoms with Gasteiger partial charge in [0, 0.05) is 6.61 Å². The van der Waals surface area contributed by atoms with E-state index in [1.54, 1.807) is 0 Å². The zero-order valence-electron chi connectivity index (χ0n) is 8.31. The molecule has 1 aliphatic carbocycles. The number of aliphatic hydroxyl groups excluding tert-OH is 1. The minimum Gasteiger partial charge on any atom is -0.396 e. The fraction of sp³-hybridized carbons (Fsp3) is 1.00. The molecule has 0 aromatic rings. The molecule has 0 amide bonds. The van der Waals surface area contributed by atoms with Crippen molar-refractivity contribution in [2.24, 2.45) is 5.41 Å². The average Bonchev–Trinajstić information content (AvgIpc) is 2.18. The number of aliphatic hydroxyl groups is 1. The maximum Gasteiger partial charge on any atom is 0.0484 e. The van der Waals surface area contributed by atoms with E-state index in [1.165, 1.54) is 51.4 Å². The normalized spacial score (nSPS) is 25.5. The smallest absolute Gasteiger partial charge is 0.0484 e. The summed E-state index contributed by atoms with van der Waals surface area (Å²) in [5.74, 6) is 0. The molecule has 1 N–H and O–H groups in total. The van der Waals surface area contributed by atoms with Gasteiger partial charge in [-0.05, 0) is 18.3 Å². The second-order valence-corrected chi connectivity index (χ2v) is 4.59. The van der Waals surface area contributed by atoms with Gasteiger partial charge in [0.25, 0.3) is 0 Å². The van der Waals surface area contributed by atoms with Crippen LogP contribution in [0.1, 0.15) is 58.3 Å². The molecular formula is C11H22O. The van der Waals surface area contributed by atoms with Gasteiger partial charge in [0.05, 0.1) is 0 Å². The Labute approximate surface area is 76.2 Å². The Morgan fingerprint density at radius 2 is 1.33 bits per heavy atom. The Morgan fingerprint density at radius 3 is 1.75 bits per heavy atom. The molecular weight excluding hydrogens is 148 g/mol. The Bertz CT molecular complexity index is 110. The zero-order valence-corrected chi connectivity index (χ0v) is 8.31. The molecule has 0 spiro atoms. The Hall–Kier alpha value is -0.0400.